The summed E-state index contributed by atoms with van der Waals surface area (Å²) in [6, 6.07) is 17.8. The van der Waals surface area contributed by atoms with Crippen LogP contribution in [0.1, 0.15) is 106 Å². The minimum atomic E-state index is 0.653. The van der Waals surface area contributed by atoms with Gasteiger partial charge in [0.2, 0.25) is 0 Å². The minimum absolute atomic E-state index is 0.653. The van der Waals surface area contributed by atoms with Crippen LogP contribution < -0.4 is 0 Å². The maximum atomic E-state index is 3.49. The van der Waals surface area contributed by atoms with Crippen LogP contribution in [0.4, 0.5) is 0 Å². The largest absolute Gasteiger partial charge is 0.0928 e. The first-order valence-corrected chi connectivity index (χ1v) is 12.7. The van der Waals surface area contributed by atoms with Crippen LogP contribution in [0.15, 0.2) is 48.5 Å². The van der Waals surface area contributed by atoms with Gasteiger partial charge in [0.1, 0.15) is 0 Å². The Bertz CT molecular complexity index is 624. The zero-order valence-corrected chi connectivity index (χ0v) is 21.1. The van der Waals surface area contributed by atoms with E-state index in [1.807, 2.05) is 0 Å². The van der Waals surface area contributed by atoms with Crippen molar-refractivity contribution in [2.75, 3.05) is 5.33 Å². The van der Waals surface area contributed by atoms with Crippen LogP contribution in [-0.4, -0.2) is 5.33 Å². The Labute approximate surface area is 189 Å². The van der Waals surface area contributed by atoms with Gasteiger partial charge in [0.25, 0.3) is 0 Å². The van der Waals surface area contributed by atoms with Gasteiger partial charge in [-0.1, -0.05) is 135 Å². The van der Waals surface area contributed by atoms with Gasteiger partial charge in [-0.25, -0.2) is 0 Å². The van der Waals surface area contributed by atoms with Crippen molar-refractivity contribution in [1.29, 1.82) is 0 Å². The summed E-state index contributed by atoms with van der Waals surface area (Å²) < 4.78 is 0. The Morgan fingerprint density at radius 1 is 0.586 bits per heavy atom. The van der Waals surface area contributed by atoms with E-state index in [-0.39, 0.29) is 0 Å². The second-order valence-electron chi connectivity index (χ2n) is 8.83. The van der Waals surface area contributed by atoms with Crippen LogP contribution in [0, 0.1) is 13.8 Å². The molecule has 2 rings (SSSR count). The van der Waals surface area contributed by atoms with Gasteiger partial charge in [0.05, 0.1) is 0 Å². The average molecular weight is 460 g/mol. The fourth-order valence-corrected chi connectivity index (χ4v) is 3.84. The lowest BCUT2D eigenvalue weighted by atomic mass is 9.94. The molecule has 0 aliphatic rings. The first-order chi connectivity index (χ1) is 13.9. The molecule has 0 heterocycles. The Morgan fingerprint density at radius 3 is 1.45 bits per heavy atom. The summed E-state index contributed by atoms with van der Waals surface area (Å²) in [4.78, 5) is 0. The summed E-state index contributed by atoms with van der Waals surface area (Å²) in [5, 5.41) is 1.17. The molecule has 1 heteroatoms. The van der Waals surface area contributed by atoms with Crippen LogP contribution in [0.25, 0.3) is 0 Å². The molecule has 0 radical (unpaired) electrons. The van der Waals surface area contributed by atoms with Gasteiger partial charge in [0, 0.05) is 5.33 Å². The van der Waals surface area contributed by atoms with Crippen LogP contribution in [0.5, 0.6) is 0 Å². The third-order valence-corrected chi connectivity index (χ3v) is 6.22. The highest BCUT2D eigenvalue weighted by molar-refractivity contribution is 9.09. The van der Waals surface area contributed by atoms with Gasteiger partial charge >= 0.3 is 0 Å². The zero-order valence-electron chi connectivity index (χ0n) is 19.5. The number of alkyl halides is 1. The molecule has 0 bridgehead atoms. The molecule has 0 aliphatic carbocycles. The number of aryl methyl sites for hydroxylation is 2. The zero-order chi connectivity index (χ0) is 21.5. The van der Waals surface area contributed by atoms with Gasteiger partial charge < -0.3 is 0 Å². The lowest BCUT2D eigenvalue weighted by Gasteiger charge is -2.12. The van der Waals surface area contributed by atoms with Crippen molar-refractivity contribution >= 4 is 15.9 Å². The minimum Gasteiger partial charge on any atom is -0.0928 e. The molecule has 0 saturated heterocycles. The first kappa shape index (κ1) is 26.0. The molecule has 2 aromatic rings. The van der Waals surface area contributed by atoms with Crippen LogP contribution in [0.3, 0.4) is 0 Å². The van der Waals surface area contributed by atoms with E-state index in [0.29, 0.717) is 11.8 Å². The Balaban J connectivity index is 0.000000352. The number of hydrogen-bond donors (Lipinski definition) is 0. The van der Waals surface area contributed by atoms with Crippen molar-refractivity contribution < 1.29 is 0 Å². The third-order valence-electron chi connectivity index (χ3n) is 5.66. The molecule has 1 atom stereocenters. The van der Waals surface area contributed by atoms with Crippen molar-refractivity contribution in [3.8, 4) is 0 Å². The number of benzene rings is 2. The number of halogens is 1. The number of rotatable bonds is 11. The van der Waals surface area contributed by atoms with Crippen LogP contribution in [-0.2, 0) is 0 Å². The number of unbranched alkanes of at least 4 members (excludes halogenated alkanes) is 6. The molecular formula is C28H43Br. The van der Waals surface area contributed by atoms with Crippen molar-refractivity contribution in [2.24, 2.45) is 0 Å². The fourth-order valence-electron chi connectivity index (χ4n) is 3.44. The molecular weight excluding hydrogens is 416 g/mol. The monoisotopic (exact) mass is 458 g/mol. The highest BCUT2D eigenvalue weighted by Crippen LogP contribution is 2.22. The molecule has 0 aromatic heterocycles. The van der Waals surface area contributed by atoms with E-state index in [9.17, 15) is 0 Å². The molecule has 2 aromatic carbocycles. The smallest absolute Gasteiger partial charge is 0.00313 e. The lowest BCUT2D eigenvalue weighted by molar-refractivity contribution is 0.550. The summed E-state index contributed by atoms with van der Waals surface area (Å²) >= 11 is 3.49. The van der Waals surface area contributed by atoms with Crippen LogP contribution in [0.2, 0.25) is 0 Å². The third kappa shape index (κ3) is 12.3. The molecule has 29 heavy (non-hydrogen) atoms. The predicted octanol–water partition coefficient (Wildman–Crippen LogP) is 9.73. The second kappa shape index (κ2) is 15.7. The van der Waals surface area contributed by atoms with Gasteiger partial charge in [-0.3, -0.25) is 0 Å². The quantitative estimate of drug-likeness (QED) is 0.232. The van der Waals surface area contributed by atoms with Gasteiger partial charge in [0.15, 0.2) is 0 Å². The SMILES string of the molecule is Cc1ccc(C(C)C)cc1.Cc1ccc(C(C)CCCCCCCCCBr)cc1. The summed E-state index contributed by atoms with van der Waals surface area (Å²) in [6.45, 7) is 11.1. The number of hydrogen-bond acceptors (Lipinski definition) is 0. The summed E-state index contributed by atoms with van der Waals surface area (Å²) in [5.74, 6) is 1.37. The molecule has 0 amide bonds. The summed E-state index contributed by atoms with van der Waals surface area (Å²) in [5.41, 5.74) is 5.62. The maximum absolute atomic E-state index is 3.49. The van der Waals surface area contributed by atoms with Gasteiger partial charge in [-0.05, 0) is 49.7 Å². The highest BCUT2D eigenvalue weighted by Gasteiger charge is 2.04. The normalized spacial score (nSPS) is 11.8. The Kier molecular flexibility index (Phi) is 14.1. The van der Waals surface area contributed by atoms with E-state index in [4.69, 9.17) is 0 Å². The van der Waals surface area contributed by atoms with Crippen LogP contribution >= 0.6 is 15.9 Å². The average Bonchev–Trinajstić information content (AvgIpc) is 2.71. The maximum Gasteiger partial charge on any atom is 0.00313 e. The second-order valence-corrected chi connectivity index (χ2v) is 9.62. The molecule has 162 valence electrons. The molecule has 0 saturated carbocycles. The predicted molar refractivity (Wildman–Crippen MR) is 136 cm³/mol. The van der Waals surface area contributed by atoms with E-state index in [1.165, 1.54) is 79.0 Å². The molecule has 1 unspecified atom stereocenters. The molecule has 0 aliphatic heterocycles. The Hall–Kier alpha value is -1.08. The van der Waals surface area contributed by atoms with Gasteiger partial charge in [-0.2, -0.15) is 0 Å². The summed E-state index contributed by atoms with van der Waals surface area (Å²) in [7, 11) is 0. The molecule has 0 spiro atoms. The molecule has 0 fully saturated rings. The fraction of sp³-hybridized carbons (Fsp3) is 0.571. The topological polar surface area (TPSA) is 0 Å². The standard InChI is InChI=1S/C18H29Br.C10H14/c1-16-11-13-18(14-12-16)17(2)10-8-6-4-3-5-7-9-15-19;1-8(2)10-6-4-9(3)5-7-10/h11-14,17H,3-10,15H2,1-2H3;4-8H,1-3H3. The van der Waals surface area contributed by atoms with Crippen molar-refractivity contribution in [3.05, 3.63) is 70.8 Å². The lowest BCUT2D eigenvalue weighted by Crippen LogP contribution is -1.94. The molecule has 0 nitrogen and oxygen atoms in total. The summed E-state index contributed by atoms with van der Waals surface area (Å²) in [6.07, 6.45) is 11.1. The van der Waals surface area contributed by atoms with E-state index in [0.717, 1.165) is 0 Å². The van der Waals surface area contributed by atoms with E-state index in [1.54, 1.807) is 0 Å². The first-order valence-electron chi connectivity index (χ1n) is 11.6. The molecule has 0 N–H and O–H groups in total. The van der Waals surface area contributed by atoms with E-state index in [2.05, 4.69) is 99.1 Å². The Morgan fingerprint density at radius 2 is 1.00 bits per heavy atom. The van der Waals surface area contributed by atoms with Gasteiger partial charge in [-0.15, -0.1) is 0 Å². The highest BCUT2D eigenvalue weighted by atomic mass is 79.9. The van der Waals surface area contributed by atoms with Crippen molar-refractivity contribution in [1.82, 2.24) is 0 Å². The van der Waals surface area contributed by atoms with E-state index >= 15 is 0 Å². The van der Waals surface area contributed by atoms with Crippen molar-refractivity contribution in [2.45, 2.75) is 97.8 Å². The van der Waals surface area contributed by atoms with E-state index < -0.39 is 0 Å². The van der Waals surface area contributed by atoms with Crippen molar-refractivity contribution in [3.63, 3.8) is 0 Å².